The average Bonchev–Trinajstić information content (AvgIpc) is 2.72. The molecule has 3 rings (SSSR count). The smallest absolute Gasteiger partial charge is 0.303 e. The fraction of sp³-hybridized carbons (Fsp3) is 0.174. The first-order chi connectivity index (χ1) is 14.3. The predicted molar refractivity (Wildman–Crippen MR) is 117 cm³/mol. The van der Waals surface area contributed by atoms with Crippen LogP contribution in [0, 0.1) is 0 Å². The molecule has 0 aliphatic carbocycles. The summed E-state index contributed by atoms with van der Waals surface area (Å²) in [6, 6.07) is 14.2. The SMILES string of the molecule is O=C(O)CCC(=O)N1C/C(=C/c2ccccc2Cl)C(=O)/C(=C/c2ccccc2Cl)C1. The summed E-state index contributed by atoms with van der Waals surface area (Å²) in [6.07, 6.45) is 2.93. The topological polar surface area (TPSA) is 74.7 Å². The maximum absolute atomic E-state index is 13.1. The highest BCUT2D eigenvalue weighted by Crippen LogP contribution is 2.27. The fourth-order valence-electron chi connectivity index (χ4n) is 3.15. The minimum atomic E-state index is -1.05. The number of halogens is 2. The largest absolute Gasteiger partial charge is 0.481 e. The van der Waals surface area contributed by atoms with Gasteiger partial charge in [0.2, 0.25) is 5.91 Å². The van der Waals surface area contributed by atoms with E-state index in [0.717, 1.165) is 0 Å². The van der Waals surface area contributed by atoms with E-state index in [0.29, 0.717) is 32.3 Å². The van der Waals surface area contributed by atoms with Gasteiger partial charge in [0.05, 0.1) is 6.42 Å². The van der Waals surface area contributed by atoms with Crippen molar-refractivity contribution < 1.29 is 19.5 Å². The van der Waals surface area contributed by atoms with Gasteiger partial charge in [0.25, 0.3) is 0 Å². The molecule has 1 amide bonds. The van der Waals surface area contributed by atoms with Gasteiger partial charge in [-0.1, -0.05) is 59.6 Å². The number of aliphatic carboxylic acids is 1. The van der Waals surface area contributed by atoms with Gasteiger partial charge in [0.15, 0.2) is 5.78 Å². The Morgan fingerprint density at radius 2 is 1.33 bits per heavy atom. The molecule has 30 heavy (non-hydrogen) atoms. The minimum absolute atomic E-state index is 0.0857. The van der Waals surface area contributed by atoms with Crippen molar-refractivity contribution in [1.82, 2.24) is 4.90 Å². The molecular weight excluding hydrogens is 425 g/mol. The Morgan fingerprint density at radius 1 is 0.867 bits per heavy atom. The van der Waals surface area contributed by atoms with E-state index in [-0.39, 0.29) is 37.6 Å². The van der Waals surface area contributed by atoms with Crippen LogP contribution in [-0.2, 0) is 14.4 Å². The van der Waals surface area contributed by atoms with Crippen LogP contribution in [0.1, 0.15) is 24.0 Å². The Labute approximate surface area is 184 Å². The Kier molecular flexibility index (Phi) is 7.08. The van der Waals surface area contributed by atoms with Crippen molar-refractivity contribution in [1.29, 1.82) is 0 Å². The number of piperidine rings is 1. The predicted octanol–water partition coefficient (Wildman–Crippen LogP) is 4.74. The lowest BCUT2D eigenvalue weighted by Gasteiger charge is -2.30. The van der Waals surface area contributed by atoms with Crippen LogP contribution in [0.4, 0.5) is 0 Å². The van der Waals surface area contributed by atoms with Crippen molar-refractivity contribution in [3.63, 3.8) is 0 Å². The normalized spacial score (nSPS) is 16.9. The van der Waals surface area contributed by atoms with E-state index < -0.39 is 5.97 Å². The summed E-state index contributed by atoms with van der Waals surface area (Å²) in [7, 11) is 0. The molecule has 1 saturated heterocycles. The Bertz CT molecular complexity index is 991. The second-order valence-corrected chi connectivity index (χ2v) is 7.67. The summed E-state index contributed by atoms with van der Waals surface area (Å²) < 4.78 is 0. The van der Waals surface area contributed by atoms with Gasteiger partial charge < -0.3 is 10.0 Å². The van der Waals surface area contributed by atoms with Gasteiger partial charge in [-0.05, 0) is 35.4 Å². The molecule has 0 atom stereocenters. The molecule has 0 saturated carbocycles. The molecule has 5 nitrogen and oxygen atoms in total. The number of carboxylic acids is 1. The molecule has 1 aliphatic heterocycles. The van der Waals surface area contributed by atoms with Gasteiger partial charge in [-0.15, -0.1) is 0 Å². The zero-order chi connectivity index (χ0) is 21.7. The number of Topliss-reactive ketones (excluding diaryl/α,β-unsaturated/α-hetero) is 1. The number of carboxylic acid groups (broad SMARTS) is 1. The van der Waals surface area contributed by atoms with Gasteiger partial charge in [0, 0.05) is 40.7 Å². The maximum atomic E-state index is 13.1. The molecular formula is C23H19Cl2NO4. The van der Waals surface area contributed by atoms with Crippen LogP contribution in [0.2, 0.25) is 10.0 Å². The van der Waals surface area contributed by atoms with E-state index >= 15 is 0 Å². The number of rotatable bonds is 5. The second-order valence-electron chi connectivity index (χ2n) is 6.85. The number of hydrogen-bond acceptors (Lipinski definition) is 3. The van der Waals surface area contributed by atoms with Crippen LogP contribution in [0.25, 0.3) is 12.2 Å². The Balaban J connectivity index is 1.99. The van der Waals surface area contributed by atoms with Crippen molar-refractivity contribution in [3.05, 3.63) is 80.8 Å². The lowest BCUT2D eigenvalue weighted by Crippen LogP contribution is -2.41. The number of nitrogens with zero attached hydrogens (tertiary/aromatic N) is 1. The van der Waals surface area contributed by atoms with Crippen molar-refractivity contribution in [2.75, 3.05) is 13.1 Å². The Hall–Kier alpha value is -2.89. The summed E-state index contributed by atoms with van der Waals surface area (Å²) in [5.41, 5.74) is 2.13. The first-order valence-corrected chi connectivity index (χ1v) is 10.0. The highest BCUT2D eigenvalue weighted by atomic mass is 35.5. The molecule has 1 fully saturated rings. The first kappa shape index (κ1) is 21.8. The lowest BCUT2D eigenvalue weighted by atomic mass is 9.94. The van der Waals surface area contributed by atoms with E-state index in [1.807, 2.05) is 12.1 Å². The fourth-order valence-corrected chi connectivity index (χ4v) is 3.53. The summed E-state index contributed by atoms with van der Waals surface area (Å²) in [5.74, 6) is -1.58. The number of benzene rings is 2. The molecule has 154 valence electrons. The number of carbonyl (C=O) groups is 3. The van der Waals surface area contributed by atoms with E-state index in [1.54, 1.807) is 48.6 Å². The highest BCUT2D eigenvalue weighted by Gasteiger charge is 2.29. The second kappa shape index (κ2) is 9.74. The quantitative estimate of drug-likeness (QED) is 0.677. The number of carbonyl (C=O) groups excluding carboxylic acids is 2. The van der Waals surface area contributed by atoms with E-state index in [9.17, 15) is 14.4 Å². The summed E-state index contributed by atoms with van der Waals surface area (Å²) in [4.78, 5) is 38.0. The van der Waals surface area contributed by atoms with Gasteiger partial charge in [-0.3, -0.25) is 14.4 Å². The highest BCUT2D eigenvalue weighted by molar-refractivity contribution is 6.33. The number of amides is 1. The summed E-state index contributed by atoms with van der Waals surface area (Å²) in [5, 5.41) is 9.86. The van der Waals surface area contributed by atoms with Gasteiger partial charge >= 0.3 is 5.97 Å². The third-order valence-corrected chi connectivity index (χ3v) is 5.37. The molecule has 0 radical (unpaired) electrons. The van der Waals surface area contributed by atoms with E-state index in [4.69, 9.17) is 28.3 Å². The van der Waals surface area contributed by atoms with Crippen LogP contribution >= 0.6 is 23.2 Å². The average molecular weight is 444 g/mol. The number of hydrogen-bond donors (Lipinski definition) is 1. The zero-order valence-electron chi connectivity index (χ0n) is 16.0. The molecule has 1 aliphatic rings. The van der Waals surface area contributed by atoms with Crippen LogP contribution in [0.5, 0.6) is 0 Å². The van der Waals surface area contributed by atoms with E-state index in [1.165, 1.54) is 4.90 Å². The molecule has 2 aromatic carbocycles. The first-order valence-electron chi connectivity index (χ1n) is 9.29. The molecule has 0 bridgehead atoms. The van der Waals surface area contributed by atoms with Crippen molar-refractivity contribution in [2.45, 2.75) is 12.8 Å². The van der Waals surface area contributed by atoms with Crippen molar-refractivity contribution in [3.8, 4) is 0 Å². The van der Waals surface area contributed by atoms with Crippen LogP contribution < -0.4 is 0 Å². The van der Waals surface area contributed by atoms with Crippen molar-refractivity contribution >= 4 is 53.0 Å². The Morgan fingerprint density at radius 3 is 1.77 bits per heavy atom. The van der Waals surface area contributed by atoms with Gasteiger partial charge in [-0.2, -0.15) is 0 Å². The minimum Gasteiger partial charge on any atom is -0.481 e. The molecule has 1 N–H and O–H groups in total. The number of ketones is 1. The van der Waals surface area contributed by atoms with Crippen molar-refractivity contribution in [2.24, 2.45) is 0 Å². The monoisotopic (exact) mass is 443 g/mol. The maximum Gasteiger partial charge on any atom is 0.303 e. The lowest BCUT2D eigenvalue weighted by molar-refractivity contribution is -0.141. The van der Waals surface area contributed by atoms with Crippen LogP contribution in [0.15, 0.2) is 59.7 Å². The molecule has 2 aromatic rings. The molecule has 1 heterocycles. The third kappa shape index (κ3) is 5.38. The standard InChI is InChI=1S/C23H19Cl2NO4/c24-19-7-3-1-5-15(19)11-17-13-26(21(27)9-10-22(28)29)14-18(23(17)30)12-16-6-2-4-8-20(16)25/h1-8,11-12H,9-10,13-14H2,(H,28,29)/b17-11-,18-12+. The van der Waals surface area contributed by atoms with Gasteiger partial charge in [-0.25, -0.2) is 0 Å². The van der Waals surface area contributed by atoms with E-state index in [2.05, 4.69) is 0 Å². The molecule has 0 spiro atoms. The molecule has 0 aromatic heterocycles. The van der Waals surface area contributed by atoms with Crippen LogP contribution in [-0.4, -0.2) is 40.8 Å². The zero-order valence-corrected chi connectivity index (χ0v) is 17.5. The molecule has 0 unspecified atom stereocenters. The number of likely N-dealkylation sites (tertiary alicyclic amines) is 1. The summed E-state index contributed by atoms with van der Waals surface area (Å²) >= 11 is 12.5. The van der Waals surface area contributed by atoms with Gasteiger partial charge in [0.1, 0.15) is 0 Å². The van der Waals surface area contributed by atoms with Crippen LogP contribution in [0.3, 0.4) is 0 Å². The third-order valence-electron chi connectivity index (χ3n) is 4.68. The summed E-state index contributed by atoms with van der Waals surface area (Å²) in [6.45, 7) is 0.171. The molecule has 7 heteroatoms.